The maximum atomic E-state index is 10.5. The van der Waals surface area contributed by atoms with Crippen molar-refractivity contribution in [1.82, 2.24) is 15.5 Å². The van der Waals surface area contributed by atoms with Crippen molar-refractivity contribution in [3.05, 3.63) is 16.7 Å². The molecule has 1 aliphatic heterocycles. The molecule has 1 saturated heterocycles. The van der Waals surface area contributed by atoms with Gasteiger partial charge in [-0.05, 0) is 34.5 Å². The second-order valence-electron chi connectivity index (χ2n) is 3.60. The fourth-order valence-electron chi connectivity index (χ4n) is 1.74. The second-order valence-corrected chi connectivity index (χ2v) is 4.41. The van der Waals surface area contributed by atoms with E-state index in [4.69, 9.17) is 5.11 Å². The van der Waals surface area contributed by atoms with Crippen LogP contribution < -0.4 is 10.2 Å². The molecule has 86 valence electrons. The zero-order valence-electron chi connectivity index (χ0n) is 8.43. The molecule has 1 fully saturated rings. The molecule has 2 rings (SSSR count). The average molecular weight is 287 g/mol. The van der Waals surface area contributed by atoms with Gasteiger partial charge in [-0.3, -0.25) is 0 Å². The fraction of sp³-hybridized carbons (Fsp3) is 0.444. The van der Waals surface area contributed by atoms with E-state index in [-0.39, 0.29) is 6.04 Å². The number of nitrogens with zero attached hydrogens (tertiary/aromatic N) is 3. The maximum Gasteiger partial charge on any atom is 0.404 e. The Balaban J connectivity index is 1.98. The van der Waals surface area contributed by atoms with Gasteiger partial charge in [-0.15, -0.1) is 10.2 Å². The Labute approximate surface area is 101 Å². The van der Waals surface area contributed by atoms with Crippen LogP contribution in [0.1, 0.15) is 6.42 Å². The fourth-order valence-corrected chi connectivity index (χ4v) is 1.95. The van der Waals surface area contributed by atoms with Gasteiger partial charge in [-0.25, -0.2) is 4.79 Å². The van der Waals surface area contributed by atoms with Crippen LogP contribution in [0.5, 0.6) is 0 Å². The number of carboxylic acid groups (broad SMARTS) is 1. The Bertz CT molecular complexity index is 384. The molecular formula is C9H11BrN4O2. The average Bonchev–Trinajstić information content (AvgIpc) is 2.66. The molecular weight excluding hydrogens is 276 g/mol. The molecule has 1 atom stereocenters. The molecule has 1 amide bonds. The first-order valence-electron chi connectivity index (χ1n) is 4.89. The third-order valence-corrected chi connectivity index (χ3v) is 2.88. The lowest BCUT2D eigenvalue weighted by molar-refractivity contribution is 0.191. The van der Waals surface area contributed by atoms with Crippen molar-refractivity contribution in [2.24, 2.45) is 0 Å². The van der Waals surface area contributed by atoms with Crippen LogP contribution in [0.2, 0.25) is 0 Å². The second kappa shape index (κ2) is 4.65. The normalized spacial score (nSPS) is 19.8. The molecule has 0 unspecified atom stereocenters. The van der Waals surface area contributed by atoms with E-state index in [2.05, 4.69) is 31.4 Å². The molecule has 1 aromatic heterocycles. The molecule has 0 spiro atoms. The summed E-state index contributed by atoms with van der Waals surface area (Å²) in [7, 11) is 0. The number of rotatable bonds is 2. The van der Waals surface area contributed by atoms with Gasteiger partial charge in [0.2, 0.25) is 0 Å². The Hall–Kier alpha value is -1.37. The summed E-state index contributed by atoms with van der Waals surface area (Å²) >= 11 is 3.22. The number of hydrogen-bond acceptors (Lipinski definition) is 4. The molecule has 6 nitrogen and oxygen atoms in total. The Kier molecular flexibility index (Phi) is 3.23. The molecule has 1 aliphatic rings. The maximum absolute atomic E-state index is 10.5. The molecule has 0 aliphatic carbocycles. The van der Waals surface area contributed by atoms with Gasteiger partial charge in [0, 0.05) is 13.1 Å². The van der Waals surface area contributed by atoms with E-state index in [1.807, 2.05) is 17.0 Å². The highest BCUT2D eigenvalue weighted by molar-refractivity contribution is 9.10. The molecule has 0 bridgehead atoms. The zero-order chi connectivity index (χ0) is 11.5. The summed E-state index contributed by atoms with van der Waals surface area (Å²) in [5.74, 6) is 0.776. The van der Waals surface area contributed by atoms with Gasteiger partial charge in [-0.1, -0.05) is 0 Å². The van der Waals surface area contributed by atoms with Crippen LogP contribution in [0, 0.1) is 0 Å². The van der Waals surface area contributed by atoms with Crippen molar-refractivity contribution in [3.8, 4) is 0 Å². The summed E-state index contributed by atoms with van der Waals surface area (Å²) in [5.41, 5.74) is 0. The Morgan fingerprint density at radius 2 is 2.38 bits per heavy atom. The summed E-state index contributed by atoms with van der Waals surface area (Å²) in [6.07, 6.45) is -0.182. The van der Waals surface area contributed by atoms with E-state index in [0.29, 0.717) is 11.1 Å². The summed E-state index contributed by atoms with van der Waals surface area (Å²) in [6.45, 7) is 1.43. The highest BCUT2D eigenvalue weighted by Crippen LogP contribution is 2.18. The van der Waals surface area contributed by atoms with Crippen LogP contribution in [0.4, 0.5) is 10.6 Å². The highest BCUT2D eigenvalue weighted by atomic mass is 79.9. The van der Waals surface area contributed by atoms with Crippen LogP contribution in [0.15, 0.2) is 16.7 Å². The van der Waals surface area contributed by atoms with Gasteiger partial charge in [0.15, 0.2) is 5.82 Å². The Morgan fingerprint density at radius 1 is 1.56 bits per heavy atom. The standard InChI is InChI=1S/C9H11BrN4O2/c10-7-1-2-8(13-12-7)14-4-3-6(5-14)11-9(15)16/h1-2,6,11H,3-5H2,(H,15,16)/t6-/m0/s1. The first-order chi connectivity index (χ1) is 7.65. The molecule has 0 saturated carbocycles. The number of hydrogen-bond donors (Lipinski definition) is 2. The summed E-state index contributed by atoms with van der Waals surface area (Å²) in [4.78, 5) is 12.5. The van der Waals surface area contributed by atoms with Gasteiger partial charge in [0.1, 0.15) is 4.60 Å². The van der Waals surface area contributed by atoms with E-state index in [0.717, 1.165) is 18.8 Å². The number of halogens is 1. The number of carbonyl (C=O) groups is 1. The largest absolute Gasteiger partial charge is 0.465 e. The lowest BCUT2D eigenvalue weighted by Crippen LogP contribution is -2.36. The number of anilines is 1. The smallest absolute Gasteiger partial charge is 0.404 e. The molecule has 0 radical (unpaired) electrons. The summed E-state index contributed by atoms with van der Waals surface area (Å²) in [5, 5.41) is 19.0. The van der Waals surface area contributed by atoms with Gasteiger partial charge < -0.3 is 15.3 Å². The molecule has 2 N–H and O–H groups in total. The zero-order valence-corrected chi connectivity index (χ0v) is 10.0. The van der Waals surface area contributed by atoms with Gasteiger partial charge in [-0.2, -0.15) is 0 Å². The minimum atomic E-state index is -0.978. The molecule has 16 heavy (non-hydrogen) atoms. The molecule has 7 heteroatoms. The third-order valence-electron chi connectivity index (χ3n) is 2.46. The predicted molar refractivity (Wildman–Crippen MR) is 61.5 cm³/mol. The lowest BCUT2D eigenvalue weighted by atomic mass is 10.3. The molecule has 1 aromatic rings. The number of nitrogens with one attached hydrogen (secondary N) is 1. The quantitative estimate of drug-likeness (QED) is 0.851. The van der Waals surface area contributed by atoms with Crippen LogP contribution in [0.3, 0.4) is 0 Å². The number of amides is 1. The van der Waals surface area contributed by atoms with Gasteiger partial charge in [0.05, 0.1) is 6.04 Å². The lowest BCUT2D eigenvalue weighted by Gasteiger charge is -2.16. The van der Waals surface area contributed by atoms with E-state index in [9.17, 15) is 4.79 Å². The van der Waals surface area contributed by atoms with E-state index < -0.39 is 6.09 Å². The summed E-state index contributed by atoms with van der Waals surface area (Å²) < 4.78 is 0.690. The summed E-state index contributed by atoms with van der Waals surface area (Å²) in [6, 6.07) is 3.66. The van der Waals surface area contributed by atoms with Crippen molar-refractivity contribution in [1.29, 1.82) is 0 Å². The van der Waals surface area contributed by atoms with Crippen LogP contribution in [-0.2, 0) is 0 Å². The molecule has 2 heterocycles. The first kappa shape index (κ1) is 11.1. The van der Waals surface area contributed by atoms with E-state index in [1.54, 1.807) is 0 Å². The van der Waals surface area contributed by atoms with Crippen molar-refractivity contribution in [2.45, 2.75) is 12.5 Å². The first-order valence-corrected chi connectivity index (χ1v) is 5.68. The van der Waals surface area contributed by atoms with Crippen LogP contribution in [-0.4, -0.2) is 40.5 Å². The number of aromatic nitrogens is 2. The molecule has 0 aromatic carbocycles. The van der Waals surface area contributed by atoms with E-state index >= 15 is 0 Å². The van der Waals surface area contributed by atoms with Crippen molar-refractivity contribution >= 4 is 27.8 Å². The van der Waals surface area contributed by atoms with Gasteiger partial charge >= 0.3 is 6.09 Å². The van der Waals surface area contributed by atoms with Crippen LogP contribution in [0.25, 0.3) is 0 Å². The third kappa shape index (κ3) is 2.60. The SMILES string of the molecule is O=C(O)N[C@H]1CCN(c2ccc(Br)nn2)C1. The van der Waals surface area contributed by atoms with Crippen molar-refractivity contribution in [3.63, 3.8) is 0 Å². The minimum Gasteiger partial charge on any atom is -0.465 e. The predicted octanol–water partition coefficient (Wildman–Crippen LogP) is 1.09. The monoisotopic (exact) mass is 286 g/mol. The van der Waals surface area contributed by atoms with Crippen LogP contribution >= 0.6 is 15.9 Å². The highest BCUT2D eigenvalue weighted by Gasteiger charge is 2.24. The minimum absolute atomic E-state index is 0.0250. The topological polar surface area (TPSA) is 78.4 Å². The Morgan fingerprint density at radius 3 is 3.00 bits per heavy atom. The van der Waals surface area contributed by atoms with Crippen molar-refractivity contribution < 1.29 is 9.90 Å². The van der Waals surface area contributed by atoms with Gasteiger partial charge in [0.25, 0.3) is 0 Å². The van der Waals surface area contributed by atoms with E-state index in [1.165, 1.54) is 0 Å². The van der Waals surface area contributed by atoms with Crippen molar-refractivity contribution in [2.75, 3.05) is 18.0 Å².